The van der Waals surface area contributed by atoms with Crippen LogP contribution >= 0.6 is 23.1 Å². The number of rotatable bonds is 6. The lowest BCUT2D eigenvalue weighted by atomic mass is 10.1. The van der Waals surface area contributed by atoms with Gasteiger partial charge in [0.05, 0.1) is 10.6 Å². The summed E-state index contributed by atoms with van der Waals surface area (Å²) in [5.74, 6) is -2.45. The maximum absolute atomic E-state index is 13.5. The fourth-order valence-electron chi connectivity index (χ4n) is 2.78. The van der Waals surface area contributed by atoms with Crippen LogP contribution in [0.2, 0.25) is 0 Å². The zero-order chi connectivity index (χ0) is 20.6. The molecule has 0 saturated carbocycles. The average Bonchev–Trinajstić information content (AvgIpc) is 2.94. The van der Waals surface area contributed by atoms with Crippen LogP contribution in [0.5, 0.6) is 0 Å². The predicted molar refractivity (Wildman–Crippen MR) is 110 cm³/mol. The molecule has 2 aromatic heterocycles. The van der Waals surface area contributed by atoms with Gasteiger partial charge in [-0.3, -0.25) is 14.2 Å². The second-order valence-electron chi connectivity index (χ2n) is 6.32. The molecule has 0 bridgehead atoms. The monoisotopic (exact) mass is 420 g/mol. The Labute approximate surface area is 168 Å². The molecular weight excluding hydrogens is 402 g/mol. The first-order valence-electron chi connectivity index (χ1n) is 8.52. The average molecular weight is 421 g/mol. The first-order chi connectivity index (χ1) is 13.2. The van der Waals surface area contributed by atoms with Gasteiger partial charge < -0.3 is 0 Å². The summed E-state index contributed by atoms with van der Waals surface area (Å²) >= 11 is 2.54. The lowest BCUT2D eigenvalue weighted by Crippen LogP contribution is -2.24. The number of benzene rings is 1. The number of thiophene rings is 1. The van der Waals surface area contributed by atoms with Crippen LogP contribution < -0.4 is 5.56 Å². The fraction of sp³-hybridized carbons (Fsp3) is 0.250. The van der Waals surface area contributed by atoms with Gasteiger partial charge in [-0.2, -0.15) is 0 Å². The molecule has 8 heteroatoms. The number of thioether (sulfide) groups is 1. The highest BCUT2D eigenvalue weighted by Gasteiger charge is 2.22. The van der Waals surface area contributed by atoms with Crippen molar-refractivity contribution in [1.29, 1.82) is 0 Å². The molecule has 2 heterocycles. The number of carbonyl (C=O) groups is 1. The second kappa shape index (κ2) is 7.97. The Morgan fingerprint density at radius 3 is 2.71 bits per heavy atom. The van der Waals surface area contributed by atoms with Gasteiger partial charge in [-0.1, -0.05) is 17.8 Å². The largest absolute Gasteiger partial charge is 0.293 e. The SMILES string of the molecule is C=CCn1c(SC(C)C(=O)c2ccc(F)c(F)c2)nc2sc(C)c(C)c2c1=O. The van der Waals surface area contributed by atoms with Gasteiger partial charge in [0.15, 0.2) is 22.6 Å². The molecule has 0 aliphatic heterocycles. The van der Waals surface area contributed by atoms with Crippen LogP contribution in [0.15, 0.2) is 40.8 Å². The Hall–Kier alpha value is -2.32. The summed E-state index contributed by atoms with van der Waals surface area (Å²) < 4.78 is 28.1. The van der Waals surface area contributed by atoms with Crippen LogP contribution in [-0.2, 0) is 6.54 Å². The maximum Gasteiger partial charge on any atom is 0.263 e. The number of carbonyl (C=O) groups excluding carboxylic acids is 1. The fourth-order valence-corrected chi connectivity index (χ4v) is 4.85. The van der Waals surface area contributed by atoms with E-state index >= 15 is 0 Å². The van der Waals surface area contributed by atoms with Crippen molar-refractivity contribution in [3.05, 3.63) is 68.8 Å². The molecule has 0 fully saturated rings. The minimum Gasteiger partial charge on any atom is -0.293 e. The lowest BCUT2D eigenvalue weighted by Gasteiger charge is -2.14. The Kier molecular flexibility index (Phi) is 5.81. The van der Waals surface area contributed by atoms with Gasteiger partial charge in [0.1, 0.15) is 4.83 Å². The Bertz CT molecular complexity index is 1150. The zero-order valence-electron chi connectivity index (χ0n) is 15.6. The number of aryl methyl sites for hydroxylation is 2. The van der Waals surface area contributed by atoms with Crippen molar-refractivity contribution >= 4 is 39.1 Å². The van der Waals surface area contributed by atoms with E-state index in [1.54, 1.807) is 13.0 Å². The van der Waals surface area contributed by atoms with Crippen LogP contribution in [0.3, 0.4) is 0 Å². The minimum atomic E-state index is -1.07. The van der Waals surface area contributed by atoms with E-state index < -0.39 is 16.9 Å². The highest BCUT2D eigenvalue weighted by Crippen LogP contribution is 2.30. The Balaban J connectivity index is 2.01. The summed E-state index contributed by atoms with van der Waals surface area (Å²) in [6.45, 7) is 9.41. The number of allylic oxidation sites excluding steroid dienone is 1. The van der Waals surface area contributed by atoms with Crippen LogP contribution in [0.4, 0.5) is 8.78 Å². The standard InChI is InChI=1S/C20H18F2N2O2S2/c1-5-8-24-19(26)16-10(2)11(3)27-18(16)23-20(24)28-12(4)17(25)13-6-7-14(21)15(22)9-13/h5-7,9,12H,1,8H2,2-4H3. The number of halogens is 2. The summed E-state index contributed by atoms with van der Waals surface area (Å²) in [6, 6.07) is 3.06. The van der Waals surface area contributed by atoms with Crippen molar-refractivity contribution in [3.8, 4) is 0 Å². The van der Waals surface area contributed by atoms with E-state index in [-0.39, 0.29) is 23.5 Å². The summed E-state index contributed by atoms with van der Waals surface area (Å²) in [6.07, 6.45) is 1.59. The normalized spacial score (nSPS) is 12.3. The first kappa shape index (κ1) is 20.4. The summed E-state index contributed by atoms with van der Waals surface area (Å²) in [5.41, 5.74) is 0.792. The molecule has 0 amide bonds. The molecule has 4 nitrogen and oxygen atoms in total. The number of hydrogen-bond donors (Lipinski definition) is 0. The van der Waals surface area contributed by atoms with Crippen molar-refractivity contribution in [3.63, 3.8) is 0 Å². The van der Waals surface area contributed by atoms with Gasteiger partial charge in [0.2, 0.25) is 0 Å². The third-order valence-electron chi connectivity index (χ3n) is 4.42. The third kappa shape index (κ3) is 3.66. The lowest BCUT2D eigenvalue weighted by molar-refractivity contribution is 0.0993. The van der Waals surface area contributed by atoms with Crippen LogP contribution in [-0.4, -0.2) is 20.6 Å². The second-order valence-corrected chi connectivity index (χ2v) is 8.83. The molecule has 0 aliphatic carbocycles. The highest BCUT2D eigenvalue weighted by atomic mass is 32.2. The van der Waals surface area contributed by atoms with Crippen LogP contribution in [0.1, 0.15) is 27.7 Å². The smallest absolute Gasteiger partial charge is 0.263 e. The minimum absolute atomic E-state index is 0.0698. The molecule has 0 spiro atoms. The van der Waals surface area contributed by atoms with Gasteiger partial charge in [-0.25, -0.2) is 13.8 Å². The summed E-state index contributed by atoms with van der Waals surface area (Å²) in [7, 11) is 0. The molecule has 3 rings (SSSR count). The van der Waals surface area contributed by atoms with E-state index in [9.17, 15) is 18.4 Å². The molecule has 3 aromatic rings. The molecule has 28 heavy (non-hydrogen) atoms. The number of fused-ring (bicyclic) bond motifs is 1. The number of hydrogen-bond acceptors (Lipinski definition) is 5. The van der Waals surface area contributed by atoms with Crippen molar-refractivity contribution in [2.75, 3.05) is 0 Å². The van der Waals surface area contributed by atoms with Gasteiger partial charge in [0, 0.05) is 17.0 Å². The van der Waals surface area contributed by atoms with Crippen molar-refractivity contribution < 1.29 is 13.6 Å². The third-order valence-corrected chi connectivity index (χ3v) is 6.61. The van der Waals surface area contributed by atoms with Crippen molar-refractivity contribution in [2.45, 2.75) is 37.7 Å². The predicted octanol–water partition coefficient (Wildman–Crippen LogP) is 4.90. The molecular formula is C20H18F2N2O2S2. The zero-order valence-corrected chi connectivity index (χ0v) is 17.2. The first-order valence-corrected chi connectivity index (χ1v) is 10.2. The number of nitrogens with zero attached hydrogens (tertiary/aromatic N) is 2. The van der Waals surface area contributed by atoms with Gasteiger partial charge in [-0.05, 0) is 44.5 Å². The van der Waals surface area contributed by atoms with E-state index in [0.29, 0.717) is 15.4 Å². The van der Waals surface area contributed by atoms with E-state index in [1.807, 2.05) is 13.8 Å². The van der Waals surface area contributed by atoms with Crippen LogP contribution in [0, 0.1) is 25.5 Å². The maximum atomic E-state index is 13.5. The molecule has 0 aliphatic rings. The number of Topliss-reactive ketones (excluding diaryl/α,β-unsaturated/α-hetero) is 1. The molecule has 0 N–H and O–H groups in total. The number of aromatic nitrogens is 2. The summed E-state index contributed by atoms with van der Waals surface area (Å²) in [4.78, 5) is 31.8. The molecule has 0 saturated heterocycles. The van der Waals surface area contributed by atoms with Gasteiger partial charge in [-0.15, -0.1) is 17.9 Å². The number of ketones is 1. The van der Waals surface area contributed by atoms with E-state index in [4.69, 9.17) is 0 Å². The van der Waals surface area contributed by atoms with Gasteiger partial charge >= 0.3 is 0 Å². The van der Waals surface area contributed by atoms with E-state index in [1.165, 1.54) is 22.0 Å². The Morgan fingerprint density at radius 1 is 1.36 bits per heavy atom. The van der Waals surface area contributed by atoms with E-state index in [2.05, 4.69) is 11.6 Å². The molecule has 146 valence electrons. The van der Waals surface area contributed by atoms with Gasteiger partial charge in [0.25, 0.3) is 5.56 Å². The summed E-state index contributed by atoms with van der Waals surface area (Å²) in [5, 5.41) is 0.322. The quantitative estimate of drug-likeness (QED) is 0.246. The van der Waals surface area contributed by atoms with Crippen molar-refractivity contribution in [2.24, 2.45) is 0 Å². The molecule has 1 aromatic carbocycles. The van der Waals surface area contributed by atoms with E-state index in [0.717, 1.165) is 34.3 Å². The molecule has 1 atom stereocenters. The van der Waals surface area contributed by atoms with Crippen molar-refractivity contribution in [1.82, 2.24) is 9.55 Å². The molecule has 1 unspecified atom stereocenters. The Morgan fingerprint density at radius 2 is 2.07 bits per heavy atom. The highest BCUT2D eigenvalue weighted by molar-refractivity contribution is 8.00. The van der Waals surface area contributed by atoms with Crippen LogP contribution in [0.25, 0.3) is 10.2 Å². The molecule has 0 radical (unpaired) electrons. The topological polar surface area (TPSA) is 52.0 Å².